The Morgan fingerprint density at radius 2 is 1.03 bits per heavy atom. The molecule has 0 aliphatic rings. The van der Waals surface area contributed by atoms with Gasteiger partial charge in [0.05, 0.1) is 0 Å². The highest BCUT2D eigenvalue weighted by molar-refractivity contribution is 7.85. The van der Waals surface area contributed by atoms with Gasteiger partial charge in [0.15, 0.2) is 0 Å². The molecule has 1 atom stereocenters. The fraction of sp³-hybridized carbons (Fsp3) is 0.929. The second-order valence-electron chi connectivity index (χ2n) is 10.3. The third-order valence-corrected chi connectivity index (χ3v) is 7.39. The fourth-order valence-electron chi connectivity index (χ4n) is 4.48. The molecule has 8 heteroatoms. The first-order valence-corrected chi connectivity index (χ1v) is 16.2. The highest BCUT2D eigenvalue weighted by atomic mass is 32.2. The molecule has 36 heavy (non-hydrogen) atoms. The quantitative estimate of drug-likeness (QED) is 0.0625. The van der Waals surface area contributed by atoms with Crippen molar-refractivity contribution in [2.45, 2.75) is 161 Å². The Balaban J connectivity index is 3.76. The molecule has 0 aliphatic heterocycles. The smallest absolute Gasteiger partial charge is 0.306 e. The van der Waals surface area contributed by atoms with E-state index in [0.717, 1.165) is 38.5 Å². The van der Waals surface area contributed by atoms with Crippen molar-refractivity contribution in [1.82, 2.24) is 0 Å². The maximum atomic E-state index is 12.2. The number of unbranched alkanes of at least 4 members (excludes halogenated alkanes) is 18. The van der Waals surface area contributed by atoms with Crippen molar-refractivity contribution >= 4 is 22.1 Å². The van der Waals surface area contributed by atoms with E-state index >= 15 is 0 Å². The molecular weight excluding hydrogens is 480 g/mol. The van der Waals surface area contributed by atoms with Crippen molar-refractivity contribution in [3.8, 4) is 0 Å². The number of carboxylic acids is 1. The second kappa shape index (κ2) is 24.2. The average Bonchev–Trinajstić information content (AvgIpc) is 2.79. The summed E-state index contributed by atoms with van der Waals surface area (Å²) in [7, 11) is -4.22. The molecule has 0 amide bonds. The molecule has 7 nitrogen and oxygen atoms in total. The summed E-state index contributed by atoms with van der Waals surface area (Å²) < 4.78 is 37.1. The molecule has 0 aliphatic carbocycles. The Morgan fingerprint density at radius 1 is 0.639 bits per heavy atom. The van der Waals surface area contributed by atoms with Crippen LogP contribution < -0.4 is 0 Å². The van der Waals surface area contributed by atoms with Crippen LogP contribution in [0.25, 0.3) is 0 Å². The number of rotatable bonds is 27. The SMILES string of the molecule is CCCCCCCCCCCCCCCCCC(=O)OC(CCCCCCCC(=O)O)CS(=O)(=O)O. The summed E-state index contributed by atoms with van der Waals surface area (Å²) in [5, 5.41) is 8.64. The minimum Gasteiger partial charge on any atom is -0.481 e. The molecule has 0 bridgehead atoms. The number of esters is 1. The molecule has 0 saturated carbocycles. The van der Waals surface area contributed by atoms with E-state index in [2.05, 4.69) is 6.92 Å². The largest absolute Gasteiger partial charge is 0.481 e. The molecule has 0 rings (SSSR count). The van der Waals surface area contributed by atoms with Crippen LogP contribution in [0.3, 0.4) is 0 Å². The molecule has 0 saturated heterocycles. The van der Waals surface area contributed by atoms with Gasteiger partial charge in [-0.2, -0.15) is 8.42 Å². The predicted octanol–water partition coefficient (Wildman–Crippen LogP) is 7.86. The number of carbonyl (C=O) groups excluding carboxylic acids is 1. The number of ether oxygens (including phenoxy) is 1. The van der Waals surface area contributed by atoms with Crippen LogP contribution in [0.4, 0.5) is 0 Å². The zero-order valence-corrected chi connectivity index (χ0v) is 23.7. The summed E-state index contributed by atoms with van der Waals surface area (Å²) in [6.07, 6.45) is 22.5. The normalized spacial score (nSPS) is 12.5. The molecule has 0 heterocycles. The highest BCUT2D eigenvalue weighted by Crippen LogP contribution is 2.16. The topological polar surface area (TPSA) is 118 Å². The van der Waals surface area contributed by atoms with E-state index in [1.54, 1.807) is 0 Å². The fourth-order valence-corrected chi connectivity index (χ4v) is 5.18. The van der Waals surface area contributed by atoms with Crippen molar-refractivity contribution in [1.29, 1.82) is 0 Å². The van der Waals surface area contributed by atoms with Gasteiger partial charge < -0.3 is 9.84 Å². The first-order valence-electron chi connectivity index (χ1n) is 14.6. The number of carbonyl (C=O) groups is 2. The van der Waals surface area contributed by atoms with Crippen molar-refractivity contribution in [3.05, 3.63) is 0 Å². The third kappa shape index (κ3) is 27.4. The average molecular weight is 535 g/mol. The summed E-state index contributed by atoms with van der Waals surface area (Å²) in [5.74, 6) is -1.78. The maximum absolute atomic E-state index is 12.2. The van der Waals surface area contributed by atoms with Gasteiger partial charge in [-0.05, 0) is 25.7 Å². The minimum atomic E-state index is -4.22. The van der Waals surface area contributed by atoms with E-state index in [-0.39, 0.29) is 12.8 Å². The molecule has 0 aromatic carbocycles. The number of hydrogen-bond acceptors (Lipinski definition) is 5. The molecule has 2 N–H and O–H groups in total. The van der Waals surface area contributed by atoms with Gasteiger partial charge in [-0.15, -0.1) is 0 Å². The van der Waals surface area contributed by atoms with E-state index in [0.29, 0.717) is 19.3 Å². The highest BCUT2D eigenvalue weighted by Gasteiger charge is 2.20. The Labute approximate surface area is 220 Å². The van der Waals surface area contributed by atoms with Crippen LogP contribution in [0.1, 0.15) is 155 Å². The first kappa shape index (κ1) is 34.9. The number of carboxylic acid groups (broad SMARTS) is 1. The zero-order chi connectivity index (χ0) is 26.9. The zero-order valence-electron chi connectivity index (χ0n) is 22.9. The molecule has 0 aromatic rings. The summed E-state index contributed by atoms with van der Waals surface area (Å²) in [6.45, 7) is 2.25. The van der Waals surface area contributed by atoms with E-state index in [1.807, 2.05) is 0 Å². The lowest BCUT2D eigenvalue weighted by Gasteiger charge is -2.16. The Kier molecular flexibility index (Phi) is 23.4. The van der Waals surface area contributed by atoms with Gasteiger partial charge in [-0.3, -0.25) is 14.1 Å². The van der Waals surface area contributed by atoms with Crippen LogP contribution in [0.15, 0.2) is 0 Å². The van der Waals surface area contributed by atoms with Crippen molar-refractivity contribution in [3.63, 3.8) is 0 Å². The van der Waals surface area contributed by atoms with Crippen LogP contribution in [0, 0.1) is 0 Å². The molecule has 1 unspecified atom stereocenters. The summed E-state index contributed by atoms with van der Waals surface area (Å²) in [5.41, 5.74) is 0. The Bertz CT molecular complexity index is 634. The summed E-state index contributed by atoms with van der Waals surface area (Å²) in [4.78, 5) is 22.7. The monoisotopic (exact) mass is 534 g/mol. The molecule has 0 spiro atoms. The molecule has 0 radical (unpaired) electrons. The maximum Gasteiger partial charge on any atom is 0.306 e. The summed E-state index contributed by atoms with van der Waals surface area (Å²) >= 11 is 0. The molecule has 0 aromatic heterocycles. The van der Waals surface area contributed by atoms with Gasteiger partial charge in [0.2, 0.25) is 0 Å². The molecular formula is C28H54O7S. The van der Waals surface area contributed by atoms with E-state index in [9.17, 15) is 18.0 Å². The standard InChI is InChI=1S/C28H54O7S/c1-2-3-4-5-6-7-8-9-10-11-12-13-14-18-21-24-28(31)35-26(25-36(32,33)34)22-19-16-15-17-20-23-27(29)30/h26H,2-25H2,1H3,(H,29,30)(H,32,33,34). The van der Waals surface area contributed by atoms with Crippen molar-refractivity contribution in [2.75, 3.05) is 5.75 Å². The summed E-state index contributed by atoms with van der Waals surface area (Å²) in [6, 6.07) is 0. The van der Waals surface area contributed by atoms with Gasteiger partial charge in [-0.1, -0.05) is 116 Å². The van der Waals surface area contributed by atoms with Gasteiger partial charge in [-0.25, -0.2) is 0 Å². The van der Waals surface area contributed by atoms with Gasteiger partial charge in [0.25, 0.3) is 10.1 Å². The minimum absolute atomic E-state index is 0.155. The number of aliphatic carboxylic acids is 1. The van der Waals surface area contributed by atoms with Crippen LogP contribution >= 0.6 is 0 Å². The molecule has 0 fully saturated rings. The van der Waals surface area contributed by atoms with Crippen molar-refractivity contribution in [2.24, 2.45) is 0 Å². The lowest BCUT2D eigenvalue weighted by molar-refractivity contribution is -0.148. The van der Waals surface area contributed by atoms with Crippen LogP contribution in [0.2, 0.25) is 0 Å². The van der Waals surface area contributed by atoms with Crippen LogP contribution in [0.5, 0.6) is 0 Å². The van der Waals surface area contributed by atoms with E-state index in [4.69, 9.17) is 14.4 Å². The van der Waals surface area contributed by atoms with Crippen molar-refractivity contribution < 1.29 is 32.4 Å². The predicted molar refractivity (Wildman–Crippen MR) is 146 cm³/mol. The van der Waals surface area contributed by atoms with Gasteiger partial charge in [0, 0.05) is 12.8 Å². The van der Waals surface area contributed by atoms with Crippen LogP contribution in [-0.4, -0.2) is 41.9 Å². The van der Waals surface area contributed by atoms with E-state index in [1.165, 1.54) is 77.0 Å². The van der Waals surface area contributed by atoms with Crippen LogP contribution in [-0.2, 0) is 24.4 Å². The molecule has 214 valence electrons. The Hall–Kier alpha value is -1.15. The van der Waals surface area contributed by atoms with Gasteiger partial charge >= 0.3 is 11.9 Å². The second-order valence-corrected chi connectivity index (χ2v) is 11.8. The van der Waals surface area contributed by atoms with Gasteiger partial charge in [0.1, 0.15) is 11.9 Å². The lowest BCUT2D eigenvalue weighted by Crippen LogP contribution is -2.26. The number of hydrogen-bond donors (Lipinski definition) is 2. The lowest BCUT2D eigenvalue weighted by atomic mass is 10.0. The Morgan fingerprint density at radius 3 is 1.44 bits per heavy atom. The third-order valence-electron chi connectivity index (χ3n) is 6.60. The first-order chi connectivity index (χ1) is 17.2. The van der Waals surface area contributed by atoms with E-state index < -0.39 is 33.9 Å².